The molecule has 2 fully saturated rings. The van der Waals surface area contributed by atoms with Crippen molar-refractivity contribution in [2.24, 2.45) is 5.92 Å². The number of carbonyl (C=O) groups is 4. The van der Waals surface area contributed by atoms with Crippen molar-refractivity contribution in [1.82, 2.24) is 10.2 Å². The lowest BCUT2D eigenvalue weighted by molar-refractivity contribution is -0.164. The Labute approximate surface area is 212 Å². The molecule has 0 aliphatic carbocycles. The van der Waals surface area contributed by atoms with Crippen molar-refractivity contribution in [3.8, 4) is 0 Å². The third-order valence-corrected chi connectivity index (χ3v) is 7.25. The summed E-state index contributed by atoms with van der Waals surface area (Å²) in [5, 5.41) is 24.6. The summed E-state index contributed by atoms with van der Waals surface area (Å²) in [6.07, 6.45) is -1.13. The van der Waals surface area contributed by atoms with Gasteiger partial charge in [0.1, 0.15) is 18.7 Å². The Morgan fingerprint density at radius 1 is 1.00 bits per heavy atom. The van der Waals surface area contributed by atoms with Gasteiger partial charge in [-0.25, -0.2) is 4.79 Å². The summed E-state index contributed by atoms with van der Waals surface area (Å²) in [4.78, 5) is 52.0. The summed E-state index contributed by atoms with van der Waals surface area (Å²) >= 11 is 0. The quantitative estimate of drug-likeness (QED) is 0.255. The minimum absolute atomic E-state index is 0.0461. The van der Waals surface area contributed by atoms with Gasteiger partial charge >= 0.3 is 11.9 Å². The number of ether oxygens (including phenoxy) is 1. The molecular weight excluding hydrogens is 476 g/mol. The third-order valence-electron chi connectivity index (χ3n) is 7.25. The highest BCUT2D eigenvalue weighted by Crippen LogP contribution is 2.40. The van der Waals surface area contributed by atoms with Crippen molar-refractivity contribution in [3.63, 3.8) is 0 Å². The SMILES string of the molecule is CC1C(O)[C@@H]2C(NC(=O)C(C(=O)OCc3ccc4ccccc4c3)c3ccccc3)C(=O)N2C1C(=O)O. The number of hydrogen-bond donors (Lipinski definition) is 3. The molecule has 0 saturated carbocycles. The monoisotopic (exact) mass is 502 g/mol. The summed E-state index contributed by atoms with van der Waals surface area (Å²) in [6, 6.07) is 18.6. The number of aliphatic hydroxyl groups is 1. The molecule has 9 nitrogen and oxygen atoms in total. The molecular formula is C28H26N2O7. The van der Waals surface area contributed by atoms with Crippen molar-refractivity contribution in [3.05, 3.63) is 83.9 Å². The van der Waals surface area contributed by atoms with Gasteiger partial charge in [-0.3, -0.25) is 14.4 Å². The lowest BCUT2D eigenvalue weighted by Gasteiger charge is -2.45. The molecule has 2 aliphatic rings. The van der Waals surface area contributed by atoms with Crippen LogP contribution in [-0.4, -0.2) is 63.1 Å². The molecule has 3 aromatic rings. The highest BCUT2D eigenvalue weighted by molar-refractivity contribution is 6.06. The number of amides is 2. The normalized spacial score (nSPS) is 25.2. The van der Waals surface area contributed by atoms with E-state index in [1.165, 1.54) is 0 Å². The summed E-state index contributed by atoms with van der Waals surface area (Å²) in [6.45, 7) is 1.50. The lowest BCUT2D eigenvalue weighted by atomic mass is 9.90. The molecule has 6 atom stereocenters. The van der Waals surface area contributed by atoms with Crippen LogP contribution >= 0.6 is 0 Å². The molecule has 3 aromatic carbocycles. The summed E-state index contributed by atoms with van der Waals surface area (Å²) in [5.74, 6) is -5.42. The van der Waals surface area contributed by atoms with Crippen LogP contribution in [0.25, 0.3) is 10.8 Å². The van der Waals surface area contributed by atoms with Gasteiger partial charge in [0, 0.05) is 5.92 Å². The molecule has 2 amide bonds. The smallest absolute Gasteiger partial charge is 0.326 e. The van der Waals surface area contributed by atoms with Gasteiger partial charge in [0.05, 0.1) is 12.1 Å². The van der Waals surface area contributed by atoms with Gasteiger partial charge in [0.2, 0.25) is 11.8 Å². The Morgan fingerprint density at radius 2 is 1.68 bits per heavy atom. The Balaban J connectivity index is 1.33. The van der Waals surface area contributed by atoms with Crippen LogP contribution in [0, 0.1) is 5.92 Å². The fourth-order valence-electron chi connectivity index (χ4n) is 5.30. The maximum absolute atomic E-state index is 13.3. The van der Waals surface area contributed by atoms with E-state index in [4.69, 9.17) is 4.74 Å². The topological polar surface area (TPSA) is 133 Å². The average Bonchev–Trinajstić information content (AvgIpc) is 3.14. The number of carboxylic acids is 1. The van der Waals surface area contributed by atoms with E-state index in [0.29, 0.717) is 5.56 Å². The van der Waals surface area contributed by atoms with E-state index in [1.807, 2.05) is 42.5 Å². The van der Waals surface area contributed by atoms with Gasteiger partial charge in [-0.05, 0) is 28.0 Å². The van der Waals surface area contributed by atoms with E-state index in [0.717, 1.165) is 21.2 Å². The lowest BCUT2D eigenvalue weighted by Crippen LogP contribution is -2.73. The summed E-state index contributed by atoms with van der Waals surface area (Å²) < 4.78 is 5.53. The number of β-lactam (4-membered cyclic amide) rings is 1. The highest BCUT2D eigenvalue weighted by Gasteiger charge is 2.64. The van der Waals surface area contributed by atoms with Crippen molar-refractivity contribution < 1.29 is 34.1 Å². The van der Waals surface area contributed by atoms with E-state index >= 15 is 0 Å². The van der Waals surface area contributed by atoms with E-state index in [2.05, 4.69) is 5.32 Å². The molecule has 190 valence electrons. The van der Waals surface area contributed by atoms with E-state index in [-0.39, 0.29) is 6.61 Å². The van der Waals surface area contributed by atoms with Crippen LogP contribution in [-0.2, 0) is 30.5 Å². The average molecular weight is 503 g/mol. The number of fused-ring (bicyclic) bond motifs is 2. The zero-order valence-corrected chi connectivity index (χ0v) is 20.0. The minimum atomic E-state index is -1.35. The summed E-state index contributed by atoms with van der Waals surface area (Å²) in [5.41, 5.74) is 1.14. The van der Waals surface area contributed by atoms with Crippen molar-refractivity contribution >= 4 is 34.5 Å². The molecule has 2 aliphatic heterocycles. The van der Waals surface area contributed by atoms with Crippen molar-refractivity contribution in [1.29, 1.82) is 0 Å². The number of nitrogens with zero attached hydrogens (tertiary/aromatic N) is 1. The first-order chi connectivity index (χ1) is 17.8. The number of aliphatic carboxylic acids is 1. The van der Waals surface area contributed by atoms with Crippen LogP contribution in [0.5, 0.6) is 0 Å². The fraction of sp³-hybridized carbons (Fsp3) is 0.286. The Kier molecular flexibility index (Phi) is 6.39. The molecule has 2 saturated heterocycles. The molecule has 9 heteroatoms. The molecule has 3 N–H and O–H groups in total. The maximum Gasteiger partial charge on any atom is 0.326 e. The first-order valence-electron chi connectivity index (χ1n) is 12.0. The van der Waals surface area contributed by atoms with Gasteiger partial charge in [-0.1, -0.05) is 73.7 Å². The molecule has 2 heterocycles. The number of esters is 1. The maximum atomic E-state index is 13.3. The van der Waals surface area contributed by atoms with Crippen LogP contribution in [0.2, 0.25) is 0 Å². The van der Waals surface area contributed by atoms with Gasteiger partial charge in [-0.15, -0.1) is 0 Å². The predicted octanol–water partition coefficient (Wildman–Crippen LogP) is 1.83. The first-order valence-corrected chi connectivity index (χ1v) is 12.0. The molecule has 5 unspecified atom stereocenters. The second-order valence-electron chi connectivity index (χ2n) is 9.49. The molecule has 0 bridgehead atoms. The number of rotatable bonds is 7. The molecule has 5 rings (SSSR count). The number of hydrogen-bond acceptors (Lipinski definition) is 6. The largest absolute Gasteiger partial charge is 0.480 e. The van der Waals surface area contributed by atoms with Gasteiger partial charge < -0.3 is 25.2 Å². The van der Waals surface area contributed by atoms with Crippen molar-refractivity contribution in [2.45, 2.75) is 43.7 Å². The van der Waals surface area contributed by atoms with E-state index in [9.17, 15) is 29.4 Å². The zero-order valence-electron chi connectivity index (χ0n) is 20.0. The Hall–Kier alpha value is -4.24. The van der Waals surface area contributed by atoms with Crippen LogP contribution in [0.3, 0.4) is 0 Å². The number of aliphatic hydroxyl groups excluding tert-OH is 1. The number of benzene rings is 3. The molecule has 0 radical (unpaired) electrons. The van der Waals surface area contributed by atoms with Gasteiger partial charge in [0.25, 0.3) is 0 Å². The van der Waals surface area contributed by atoms with Crippen LogP contribution in [0.4, 0.5) is 0 Å². The highest BCUT2D eigenvalue weighted by atomic mass is 16.5. The molecule has 37 heavy (non-hydrogen) atoms. The fourth-order valence-corrected chi connectivity index (χ4v) is 5.30. The van der Waals surface area contributed by atoms with Gasteiger partial charge in [0.15, 0.2) is 5.92 Å². The van der Waals surface area contributed by atoms with Crippen LogP contribution in [0.1, 0.15) is 24.0 Å². The van der Waals surface area contributed by atoms with Crippen molar-refractivity contribution in [2.75, 3.05) is 0 Å². The standard InChI is InChI=1S/C28H26N2O7/c1-15-22(27(34)35)30-23(24(15)31)21(26(30)33)29-25(32)20(18-8-3-2-4-9-18)28(36)37-14-16-11-12-17-7-5-6-10-19(17)13-16/h2-13,15,20-24,31H,14H2,1H3,(H,29,32)(H,34,35)/t15?,20?,21?,22?,23-,24?/m0/s1. The summed E-state index contributed by atoms with van der Waals surface area (Å²) in [7, 11) is 0. The molecule has 0 aromatic heterocycles. The molecule has 0 spiro atoms. The Morgan fingerprint density at radius 3 is 2.38 bits per heavy atom. The predicted molar refractivity (Wildman–Crippen MR) is 132 cm³/mol. The van der Waals surface area contributed by atoms with E-state index < -0.39 is 59.8 Å². The van der Waals surface area contributed by atoms with E-state index in [1.54, 1.807) is 37.3 Å². The first kappa shape index (κ1) is 24.5. The third kappa shape index (κ3) is 4.31. The number of nitrogens with one attached hydrogen (secondary N) is 1. The second kappa shape index (κ2) is 9.67. The minimum Gasteiger partial charge on any atom is -0.480 e. The Bertz CT molecular complexity index is 1380. The van der Waals surface area contributed by atoms with Crippen LogP contribution < -0.4 is 5.32 Å². The zero-order chi connectivity index (χ0) is 26.3. The number of carboxylic acid groups (broad SMARTS) is 1. The van der Waals surface area contributed by atoms with Gasteiger partial charge in [-0.2, -0.15) is 0 Å². The van der Waals surface area contributed by atoms with Crippen LogP contribution in [0.15, 0.2) is 72.8 Å². The number of carbonyl (C=O) groups excluding carboxylic acids is 3. The second-order valence-corrected chi connectivity index (χ2v) is 9.49.